The van der Waals surface area contributed by atoms with Crippen LogP contribution in [-0.2, 0) is 11.3 Å². The second kappa shape index (κ2) is 7.61. The fraction of sp³-hybridized carbons (Fsp3) is 0.467. The minimum absolute atomic E-state index is 0.115. The average Bonchev–Trinajstić information content (AvgIpc) is 2.43. The Morgan fingerprint density at radius 3 is 2.70 bits per heavy atom. The van der Waals surface area contributed by atoms with E-state index in [-0.39, 0.29) is 18.3 Å². The van der Waals surface area contributed by atoms with E-state index in [1.807, 2.05) is 19.9 Å². The number of nitrogens with zero attached hydrogens (tertiary/aromatic N) is 1. The lowest BCUT2D eigenvalue weighted by atomic mass is 10.1. The van der Waals surface area contributed by atoms with Crippen LogP contribution in [0.5, 0.6) is 0 Å². The van der Waals surface area contributed by atoms with E-state index in [9.17, 15) is 9.18 Å². The third-order valence-electron chi connectivity index (χ3n) is 2.85. The second-order valence-electron chi connectivity index (χ2n) is 5.16. The molecule has 1 amide bonds. The van der Waals surface area contributed by atoms with Crippen LogP contribution in [0.15, 0.2) is 18.2 Å². The van der Waals surface area contributed by atoms with Crippen LogP contribution in [0, 0.1) is 23.1 Å². The van der Waals surface area contributed by atoms with E-state index >= 15 is 0 Å². The molecule has 4 nitrogen and oxygen atoms in total. The molecule has 0 aliphatic heterocycles. The van der Waals surface area contributed by atoms with Gasteiger partial charge in [-0.2, -0.15) is 5.26 Å². The lowest BCUT2D eigenvalue weighted by Crippen LogP contribution is -2.43. The van der Waals surface area contributed by atoms with Gasteiger partial charge in [-0.25, -0.2) is 4.39 Å². The van der Waals surface area contributed by atoms with E-state index in [1.54, 1.807) is 6.92 Å². The standard InChI is InChI=1S/C15H20FN3O/c1-10(2)8-19-15(20)11(3)18-9-13-6-12(7-17)4-5-14(13)16/h4-6,10-11,18H,8-9H2,1-3H3,(H,19,20). The third-order valence-corrected chi connectivity index (χ3v) is 2.85. The first-order valence-electron chi connectivity index (χ1n) is 6.63. The topological polar surface area (TPSA) is 64.9 Å². The molecule has 1 aromatic carbocycles. The monoisotopic (exact) mass is 277 g/mol. The molecule has 20 heavy (non-hydrogen) atoms. The van der Waals surface area contributed by atoms with Crippen molar-refractivity contribution in [3.8, 4) is 6.07 Å². The number of hydrogen-bond acceptors (Lipinski definition) is 3. The minimum atomic E-state index is -0.418. The van der Waals surface area contributed by atoms with Crippen molar-refractivity contribution in [3.63, 3.8) is 0 Å². The molecule has 0 fully saturated rings. The predicted octanol–water partition coefficient (Wildman–Crippen LogP) is 1.95. The zero-order valence-electron chi connectivity index (χ0n) is 12.0. The summed E-state index contributed by atoms with van der Waals surface area (Å²) in [7, 11) is 0. The summed E-state index contributed by atoms with van der Waals surface area (Å²) in [4.78, 5) is 11.8. The van der Waals surface area contributed by atoms with Crippen molar-refractivity contribution in [1.82, 2.24) is 10.6 Å². The molecule has 1 aromatic rings. The van der Waals surface area contributed by atoms with Gasteiger partial charge in [0.25, 0.3) is 0 Å². The molecule has 0 saturated heterocycles. The van der Waals surface area contributed by atoms with Crippen molar-refractivity contribution in [1.29, 1.82) is 5.26 Å². The number of nitriles is 1. The Kier molecular flexibility index (Phi) is 6.13. The van der Waals surface area contributed by atoms with Crippen molar-refractivity contribution in [2.75, 3.05) is 6.54 Å². The van der Waals surface area contributed by atoms with E-state index in [0.717, 1.165) is 0 Å². The van der Waals surface area contributed by atoms with E-state index in [2.05, 4.69) is 10.6 Å². The maximum atomic E-state index is 13.6. The van der Waals surface area contributed by atoms with Gasteiger partial charge in [0.2, 0.25) is 5.91 Å². The zero-order valence-corrected chi connectivity index (χ0v) is 12.0. The molecule has 0 aliphatic rings. The van der Waals surface area contributed by atoms with E-state index < -0.39 is 6.04 Å². The average molecular weight is 277 g/mol. The minimum Gasteiger partial charge on any atom is -0.354 e. The Labute approximate surface area is 119 Å². The molecule has 1 unspecified atom stereocenters. The molecule has 0 spiro atoms. The van der Waals surface area contributed by atoms with Gasteiger partial charge in [0, 0.05) is 18.7 Å². The van der Waals surface area contributed by atoms with Crippen LogP contribution in [0.1, 0.15) is 31.9 Å². The quantitative estimate of drug-likeness (QED) is 0.835. The molecule has 0 saturated carbocycles. The van der Waals surface area contributed by atoms with Gasteiger partial charge in [-0.1, -0.05) is 13.8 Å². The van der Waals surface area contributed by atoms with Crippen LogP contribution >= 0.6 is 0 Å². The van der Waals surface area contributed by atoms with Crippen LogP contribution in [-0.4, -0.2) is 18.5 Å². The molecular formula is C15H20FN3O. The molecular weight excluding hydrogens is 257 g/mol. The van der Waals surface area contributed by atoms with Gasteiger partial charge in [-0.15, -0.1) is 0 Å². The first-order valence-corrected chi connectivity index (χ1v) is 6.63. The number of amides is 1. The van der Waals surface area contributed by atoms with Crippen molar-refractivity contribution in [2.24, 2.45) is 5.92 Å². The molecule has 2 N–H and O–H groups in total. The molecule has 5 heteroatoms. The van der Waals surface area contributed by atoms with Gasteiger partial charge in [-0.3, -0.25) is 4.79 Å². The highest BCUT2D eigenvalue weighted by Crippen LogP contribution is 2.10. The van der Waals surface area contributed by atoms with Crippen LogP contribution in [0.3, 0.4) is 0 Å². The highest BCUT2D eigenvalue weighted by molar-refractivity contribution is 5.81. The molecule has 1 atom stereocenters. The summed E-state index contributed by atoms with van der Waals surface area (Å²) in [6, 6.07) is 5.72. The van der Waals surface area contributed by atoms with Crippen LogP contribution < -0.4 is 10.6 Å². The number of benzene rings is 1. The van der Waals surface area contributed by atoms with Gasteiger partial charge in [-0.05, 0) is 31.0 Å². The Morgan fingerprint density at radius 2 is 2.10 bits per heavy atom. The number of carbonyl (C=O) groups is 1. The van der Waals surface area contributed by atoms with Gasteiger partial charge < -0.3 is 10.6 Å². The summed E-state index contributed by atoms with van der Waals surface area (Å²) in [6.07, 6.45) is 0. The van der Waals surface area contributed by atoms with E-state index in [4.69, 9.17) is 5.26 Å². The lowest BCUT2D eigenvalue weighted by Gasteiger charge is -2.15. The van der Waals surface area contributed by atoms with Crippen molar-refractivity contribution in [2.45, 2.75) is 33.4 Å². The highest BCUT2D eigenvalue weighted by atomic mass is 19.1. The van der Waals surface area contributed by atoms with Gasteiger partial charge in [0.15, 0.2) is 0 Å². The number of nitrogens with one attached hydrogen (secondary N) is 2. The Balaban J connectivity index is 2.54. The number of rotatable bonds is 6. The smallest absolute Gasteiger partial charge is 0.236 e. The molecule has 1 rings (SSSR count). The summed E-state index contributed by atoms with van der Waals surface area (Å²) < 4.78 is 13.6. The van der Waals surface area contributed by atoms with Gasteiger partial charge in [0.1, 0.15) is 5.82 Å². The van der Waals surface area contributed by atoms with Crippen LogP contribution in [0.4, 0.5) is 4.39 Å². The summed E-state index contributed by atoms with van der Waals surface area (Å²) >= 11 is 0. The Hall–Kier alpha value is -1.93. The highest BCUT2D eigenvalue weighted by Gasteiger charge is 2.13. The summed E-state index contributed by atoms with van der Waals surface area (Å²) in [5, 5.41) is 14.5. The predicted molar refractivity (Wildman–Crippen MR) is 75.3 cm³/mol. The normalized spacial score (nSPS) is 12.0. The maximum Gasteiger partial charge on any atom is 0.236 e. The number of carbonyl (C=O) groups excluding carboxylic acids is 1. The zero-order chi connectivity index (χ0) is 15.1. The molecule has 0 radical (unpaired) electrons. The Bertz CT molecular complexity index is 508. The first kappa shape index (κ1) is 16.1. The lowest BCUT2D eigenvalue weighted by molar-refractivity contribution is -0.122. The summed E-state index contributed by atoms with van der Waals surface area (Å²) in [5.41, 5.74) is 0.785. The number of halogens is 1. The maximum absolute atomic E-state index is 13.6. The van der Waals surface area contributed by atoms with Crippen LogP contribution in [0.25, 0.3) is 0 Å². The van der Waals surface area contributed by atoms with E-state index in [1.165, 1.54) is 18.2 Å². The fourth-order valence-corrected chi connectivity index (χ4v) is 1.59. The van der Waals surface area contributed by atoms with E-state index in [0.29, 0.717) is 23.6 Å². The molecule has 0 aliphatic carbocycles. The SMILES string of the molecule is CC(C)CNC(=O)C(C)NCc1cc(C#N)ccc1F. The summed E-state index contributed by atoms with van der Waals surface area (Å²) in [5.74, 6) is -0.113. The largest absolute Gasteiger partial charge is 0.354 e. The molecule has 108 valence electrons. The Morgan fingerprint density at radius 1 is 1.40 bits per heavy atom. The number of hydrogen-bond donors (Lipinski definition) is 2. The molecule has 0 heterocycles. The van der Waals surface area contributed by atoms with Crippen molar-refractivity contribution >= 4 is 5.91 Å². The van der Waals surface area contributed by atoms with Crippen molar-refractivity contribution in [3.05, 3.63) is 35.1 Å². The molecule has 0 bridgehead atoms. The molecule has 0 aromatic heterocycles. The first-order chi connectivity index (χ1) is 9.43. The third kappa shape index (κ3) is 4.98. The van der Waals surface area contributed by atoms with Gasteiger partial charge in [0.05, 0.1) is 17.7 Å². The van der Waals surface area contributed by atoms with Crippen molar-refractivity contribution < 1.29 is 9.18 Å². The fourth-order valence-electron chi connectivity index (χ4n) is 1.59. The summed E-state index contributed by atoms with van der Waals surface area (Å²) in [6.45, 7) is 6.57. The second-order valence-corrected chi connectivity index (χ2v) is 5.16. The van der Waals surface area contributed by atoms with Crippen LogP contribution in [0.2, 0.25) is 0 Å². The van der Waals surface area contributed by atoms with Gasteiger partial charge >= 0.3 is 0 Å².